The summed E-state index contributed by atoms with van der Waals surface area (Å²) in [6.45, 7) is 4.53. The summed E-state index contributed by atoms with van der Waals surface area (Å²) in [5.41, 5.74) is 0.601. The normalized spacial score (nSPS) is 17.1. The van der Waals surface area contributed by atoms with Crippen molar-refractivity contribution in [2.45, 2.75) is 26.2 Å². The average Bonchev–Trinajstić information content (AvgIpc) is 2.82. The van der Waals surface area contributed by atoms with Gasteiger partial charge in [0.05, 0.1) is 6.20 Å². The van der Waals surface area contributed by atoms with Gasteiger partial charge in [-0.15, -0.1) is 0 Å². The van der Waals surface area contributed by atoms with E-state index in [0.29, 0.717) is 11.3 Å². The Morgan fingerprint density at radius 2 is 2.28 bits per heavy atom. The van der Waals surface area contributed by atoms with E-state index >= 15 is 0 Å². The van der Waals surface area contributed by atoms with Crippen molar-refractivity contribution in [3.05, 3.63) is 17.5 Å². The van der Waals surface area contributed by atoms with Crippen LogP contribution in [-0.4, -0.2) is 42.6 Å². The van der Waals surface area contributed by atoms with Crippen molar-refractivity contribution in [2.24, 2.45) is 5.92 Å². The zero-order valence-electron chi connectivity index (χ0n) is 11.1. The highest BCUT2D eigenvalue weighted by molar-refractivity contribution is 5.94. The van der Waals surface area contributed by atoms with Crippen molar-refractivity contribution >= 4 is 5.91 Å². The first-order chi connectivity index (χ1) is 8.72. The summed E-state index contributed by atoms with van der Waals surface area (Å²) >= 11 is 0. The van der Waals surface area contributed by atoms with Crippen molar-refractivity contribution < 1.29 is 9.32 Å². The van der Waals surface area contributed by atoms with E-state index in [2.05, 4.69) is 10.5 Å². The van der Waals surface area contributed by atoms with Gasteiger partial charge >= 0.3 is 0 Å². The minimum atomic E-state index is 0.0563. The zero-order chi connectivity index (χ0) is 13.0. The Kier molecular flexibility index (Phi) is 4.36. The quantitative estimate of drug-likeness (QED) is 0.880. The average molecular weight is 251 g/mol. The molecule has 1 amide bonds. The number of hydrogen-bond acceptors (Lipinski definition) is 4. The molecule has 2 rings (SSSR count). The lowest BCUT2D eigenvalue weighted by atomic mass is 9.93. The molecular formula is C13H21N3O2. The summed E-state index contributed by atoms with van der Waals surface area (Å²) in [6, 6.07) is 0. The molecule has 2 heterocycles. The monoisotopic (exact) mass is 251 g/mol. The van der Waals surface area contributed by atoms with E-state index in [4.69, 9.17) is 4.52 Å². The molecule has 1 aliphatic rings. The second kappa shape index (κ2) is 6.00. The molecule has 1 fully saturated rings. The van der Waals surface area contributed by atoms with E-state index in [1.165, 1.54) is 12.6 Å². The fraction of sp³-hybridized carbons (Fsp3) is 0.692. The Hall–Kier alpha value is -1.36. The van der Waals surface area contributed by atoms with E-state index in [-0.39, 0.29) is 5.91 Å². The number of aryl methyl sites for hydroxylation is 1. The standard InChI is InChI=1S/C13H21N3O2/c1-10-12(9-15-18-10)13(17)16-7-4-11(5-8-16)3-6-14-2/h9,11,14H,3-8H2,1-2H3. The number of hydrogen-bond donors (Lipinski definition) is 1. The van der Waals surface area contributed by atoms with Crippen molar-refractivity contribution in [3.8, 4) is 0 Å². The lowest BCUT2D eigenvalue weighted by molar-refractivity contribution is 0.0685. The van der Waals surface area contributed by atoms with Crippen LogP contribution >= 0.6 is 0 Å². The highest BCUT2D eigenvalue weighted by Crippen LogP contribution is 2.22. The summed E-state index contributed by atoms with van der Waals surface area (Å²) in [6.07, 6.45) is 4.91. The van der Waals surface area contributed by atoms with Crippen LogP contribution in [0.3, 0.4) is 0 Å². The summed E-state index contributed by atoms with van der Waals surface area (Å²) in [5, 5.41) is 6.84. The van der Waals surface area contributed by atoms with Crippen LogP contribution in [0.5, 0.6) is 0 Å². The van der Waals surface area contributed by atoms with Gasteiger partial charge in [0, 0.05) is 13.1 Å². The van der Waals surface area contributed by atoms with Gasteiger partial charge in [-0.2, -0.15) is 0 Å². The first kappa shape index (κ1) is 13.1. The van der Waals surface area contributed by atoms with Gasteiger partial charge < -0.3 is 14.7 Å². The first-order valence-corrected chi connectivity index (χ1v) is 6.57. The van der Waals surface area contributed by atoms with Crippen molar-refractivity contribution in [1.82, 2.24) is 15.4 Å². The van der Waals surface area contributed by atoms with E-state index in [9.17, 15) is 4.79 Å². The molecular weight excluding hydrogens is 230 g/mol. The van der Waals surface area contributed by atoms with Gasteiger partial charge in [0.15, 0.2) is 0 Å². The summed E-state index contributed by atoms with van der Waals surface area (Å²) in [5.74, 6) is 1.41. The van der Waals surface area contributed by atoms with Gasteiger partial charge in [-0.3, -0.25) is 4.79 Å². The second-order valence-corrected chi connectivity index (χ2v) is 4.92. The third-order valence-electron chi connectivity index (χ3n) is 3.69. The molecule has 0 atom stereocenters. The summed E-state index contributed by atoms with van der Waals surface area (Å²) < 4.78 is 4.94. The van der Waals surface area contributed by atoms with Gasteiger partial charge in [-0.1, -0.05) is 5.16 Å². The van der Waals surface area contributed by atoms with Crippen LogP contribution in [0.1, 0.15) is 35.4 Å². The van der Waals surface area contributed by atoms with Crippen LogP contribution in [0.2, 0.25) is 0 Å². The molecule has 1 saturated heterocycles. The molecule has 1 aliphatic heterocycles. The van der Waals surface area contributed by atoms with Gasteiger partial charge in [-0.05, 0) is 45.7 Å². The largest absolute Gasteiger partial charge is 0.361 e. The van der Waals surface area contributed by atoms with Crippen molar-refractivity contribution in [3.63, 3.8) is 0 Å². The maximum atomic E-state index is 12.2. The highest BCUT2D eigenvalue weighted by Gasteiger charge is 2.25. The fourth-order valence-corrected chi connectivity index (χ4v) is 2.45. The number of carbonyl (C=O) groups is 1. The molecule has 1 N–H and O–H groups in total. The molecule has 1 aromatic rings. The number of piperidine rings is 1. The molecule has 0 unspecified atom stereocenters. The van der Waals surface area contributed by atoms with E-state index < -0.39 is 0 Å². The van der Waals surface area contributed by atoms with E-state index in [0.717, 1.165) is 38.4 Å². The minimum absolute atomic E-state index is 0.0563. The number of aromatic nitrogens is 1. The topological polar surface area (TPSA) is 58.4 Å². The Morgan fingerprint density at radius 3 is 2.83 bits per heavy atom. The van der Waals surface area contributed by atoms with E-state index in [1.807, 2.05) is 11.9 Å². The smallest absolute Gasteiger partial charge is 0.259 e. The summed E-state index contributed by atoms with van der Waals surface area (Å²) in [7, 11) is 1.98. The molecule has 0 saturated carbocycles. The number of nitrogens with one attached hydrogen (secondary N) is 1. The molecule has 1 aromatic heterocycles. The zero-order valence-corrected chi connectivity index (χ0v) is 11.1. The Balaban J connectivity index is 1.86. The predicted octanol–water partition coefficient (Wildman–Crippen LogP) is 1.44. The molecule has 0 radical (unpaired) electrons. The Labute approximate surface area is 108 Å². The fourth-order valence-electron chi connectivity index (χ4n) is 2.45. The predicted molar refractivity (Wildman–Crippen MR) is 68.4 cm³/mol. The van der Waals surface area contributed by atoms with Crippen LogP contribution in [0.15, 0.2) is 10.7 Å². The molecule has 100 valence electrons. The number of carbonyl (C=O) groups excluding carboxylic acids is 1. The molecule has 0 aromatic carbocycles. The Morgan fingerprint density at radius 1 is 1.56 bits per heavy atom. The van der Waals surface area contributed by atoms with Crippen LogP contribution in [-0.2, 0) is 0 Å². The third kappa shape index (κ3) is 2.90. The molecule has 18 heavy (non-hydrogen) atoms. The van der Waals surface area contributed by atoms with Gasteiger partial charge in [0.1, 0.15) is 11.3 Å². The number of amides is 1. The first-order valence-electron chi connectivity index (χ1n) is 6.57. The molecule has 0 bridgehead atoms. The summed E-state index contributed by atoms with van der Waals surface area (Å²) in [4.78, 5) is 14.1. The van der Waals surface area contributed by atoms with Gasteiger partial charge in [0.2, 0.25) is 0 Å². The van der Waals surface area contributed by atoms with Crippen molar-refractivity contribution in [2.75, 3.05) is 26.7 Å². The molecule has 0 aliphatic carbocycles. The van der Waals surface area contributed by atoms with Gasteiger partial charge in [-0.25, -0.2) is 0 Å². The second-order valence-electron chi connectivity index (χ2n) is 4.92. The number of likely N-dealkylation sites (tertiary alicyclic amines) is 1. The van der Waals surface area contributed by atoms with Crippen LogP contribution in [0, 0.1) is 12.8 Å². The lowest BCUT2D eigenvalue weighted by Gasteiger charge is -2.31. The maximum Gasteiger partial charge on any atom is 0.259 e. The number of rotatable bonds is 4. The van der Waals surface area contributed by atoms with Crippen molar-refractivity contribution in [1.29, 1.82) is 0 Å². The van der Waals surface area contributed by atoms with Gasteiger partial charge in [0.25, 0.3) is 5.91 Å². The molecule has 0 spiro atoms. The molecule has 5 heteroatoms. The Bertz CT molecular complexity index is 395. The van der Waals surface area contributed by atoms with Crippen LogP contribution in [0.4, 0.5) is 0 Å². The third-order valence-corrected chi connectivity index (χ3v) is 3.69. The number of nitrogens with zero attached hydrogens (tertiary/aromatic N) is 2. The lowest BCUT2D eigenvalue weighted by Crippen LogP contribution is -2.39. The van der Waals surface area contributed by atoms with E-state index in [1.54, 1.807) is 6.92 Å². The highest BCUT2D eigenvalue weighted by atomic mass is 16.5. The maximum absolute atomic E-state index is 12.2. The van der Waals surface area contributed by atoms with Crippen LogP contribution < -0.4 is 5.32 Å². The van der Waals surface area contributed by atoms with Crippen LogP contribution in [0.25, 0.3) is 0 Å². The SMILES string of the molecule is CNCCC1CCN(C(=O)c2cnoc2C)CC1. The molecule has 5 nitrogen and oxygen atoms in total. The minimum Gasteiger partial charge on any atom is -0.361 e.